The number of methoxy groups -OCH3 is 1. The number of carbonyl (C=O) groups excluding carboxylic acids is 2. The first-order valence-corrected chi connectivity index (χ1v) is 10.3. The highest BCUT2D eigenvalue weighted by molar-refractivity contribution is 5.98. The van der Waals surface area contributed by atoms with Gasteiger partial charge in [-0.2, -0.15) is 5.10 Å². The van der Waals surface area contributed by atoms with E-state index in [2.05, 4.69) is 15.1 Å². The van der Waals surface area contributed by atoms with Crippen LogP contribution in [0.15, 0.2) is 36.7 Å². The molecule has 0 aliphatic carbocycles. The van der Waals surface area contributed by atoms with E-state index < -0.39 is 0 Å². The molecule has 0 spiro atoms. The van der Waals surface area contributed by atoms with Gasteiger partial charge in [0.2, 0.25) is 0 Å². The number of fused-ring (bicyclic) bond motifs is 4. The van der Waals surface area contributed by atoms with Crippen molar-refractivity contribution in [3.05, 3.63) is 59.0 Å². The van der Waals surface area contributed by atoms with Crippen LogP contribution in [0.5, 0.6) is 0 Å². The Kier molecular flexibility index (Phi) is 4.50. The third-order valence-corrected chi connectivity index (χ3v) is 5.85. The van der Waals surface area contributed by atoms with Gasteiger partial charge in [0.1, 0.15) is 0 Å². The van der Waals surface area contributed by atoms with Crippen molar-refractivity contribution < 1.29 is 14.3 Å². The lowest BCUT2D eigenvalue weighted by Crippen LogP contribution is -2.35. The van der Waals surface area contributed by atoms with Crippen molar-refractivity contribution in [1.29, 1.82) is 0 Å². The average Bonchev–Trinajstić information content (AvgIpc) is 3.38. The fourth-order valence-electron chi connectivity index (χ4n) is 4.25. The SMILES string of the molecule is COC(=O)c1ccc2[nH]c3c(c2c1)CN(C(=O)c1cnc2c(cnn2C(C)C)c1)CC3. The summed E-state index contributed by atoms with van der Waals surface area (Å²) in [7, 11) is 1.37. The summed E-state index contributed by atoms with van der Waals surface area (Å²) in [6.07, 6.45) is 4.11. The van der Waals surface area contributed by atoms with Crippen molar-refractivity contribution in [2.45, 2.75) is 32.9 Å². The van der Waals surface area contributed by atoms with Crippen molar-refractivity contribution in [3.8, 4) is 0 Å². The lowest BCUT2D eigenvalue weighted by molar-refractivity contribution is 0.0600. The Labute approximate surface area is 178 Å². The minimum absolute atomic E-state index is 0.0594. The summed E-state index contributed by atoms with van der Waals surface area (Å²) in [6, 6.07) is 7.52. The van der Waals surface area contributed by atoms with Crippen LogP contribution in [0.2, 0.25) is 0 Å². The number of ether oxygens (including phenoxy) is 1. The second-order valence-electron chi connectivity index (χ2n) is 8.13. The molecule has 1 N–H and O–H groups in total. The van der Waals surface area contributed by atoms with E-state index in [4.69, 9.17) is 4.74 Å². The number of hydrogen-bond acceptors (Lipinski definition) is 5. The number of benzene rings is 1. The first-order chi connectivity index (χ1) is 15.0. The van der Waals surface area contributed by atoms with Crippen LogP contribution in [0.3, 0.4) is 0 Å². The Morgan fingerprint density at radius 1 is 1.16 bits per heavy atom. The minimum atomic E-state index is -0.373. The van der Waals surface area contributed by atoms with E-state index in [0.29, 0.717) is 24.2 Å². The fourth-order valence-corrected chi connectivity index (χ4v) is 4.25. The number of esters is 1. The highest BCUT2D eigenvalue weighted by atomic mass is 16.5. The molecule has 0 fully saturated rings. The molecule has 0 saturated heterocycles. The van der Waals surface area contributed by atoms with Crippen molar-refractivity contribution in [2.75, 3.05) is 13.7 Å². The topological polar surface area (TPSA) is 93.1 Å². The molecular formula is C23H23N5O3. The second kappa shape index (κ2) is 7.23. The van der Waals surface area contributed by atoms with Gasteiger partial charge in [0, 0.05) is 59.3 Å². The Bertz CT molecular complexity index is 1330. The molecule has 31 heavy (non-hydrogen) atoms. The van der Waals surface area contributed by atoms with Crippen LogP contribution < -0.4 is 0 Å². The van der Waals surface area contributed by atoms with Crippen LogP contribution in [0.1, 0.15) is 51.9 Å². The maximum absolute atomic E-state index is 13.2. The molecule has 0 radical (unpaired) electrons. The third-order valence-electron chi connectivity index (χ3n) is 5.85. The molecule has 8 nitrogen and oxygen atoms in total. The normalized spacial score (nSPS) is 13.7. The lowest BCUT2D eigenvalue weighted by Gasteiger charge is -2.27. The molecule has 3 aromatic heterocycles. The molecular weight excluding hydrogens is 394 g/mol. The number of H-pyrrole nitrogens is 1. The molecule has 1 aliphatic heterocycles. The molecule has 1 aliphatic rings. The summed E-state index contributed by atoms with van der Waals surface area (Å²) >= 11 is 0. The summed E-state index contributed by atoms with van der Waals surface area (Å²) < 4.78 is 6.70. The van der Waals surface area contributed by atoms with Gasteiger partial charge in [0.15, 0.2) is 5.65 Å². The van der Waals surface area contributed by atoms with E-state index in [0.717, 1.165) is 39.6 Å². The number of rotatable bonds is 3. The molecule has 0 unspecified atom stereocenters. The standard InChI is InChI=1S/C23H23N5O3/c1-13(2)28-21-15(11-25-28)8-16(10-24-21)22(29)27-7-6-20-18(12-27)17-9-14(23(30)31-3)4-5-19(17)26-20/h4-5,8-11,13,26H,6-7,12H2,1-3H3. The summed E-state index contributed by atoms with van der Waals surface area (Å²) in [5.41, 5.74) is 4.93. The van der Waals surface area contributed by atoms with Gasteiger partial charge in [0.25, 0.3) is 5.91 Å². The summed E-state index contributed by atoms with van der Waals surface area (Å²) in [5.74, 6) is -0.433. The predicted octanol–water partition coefficient (Wildman–Crippen LogP) is 3.48. The summed E-state index contributed by atoms with van der Waals surface area (Å²) in [5, 5.41) is 6.18. The predicted molar refractivity (Wildman–Crippen MR) is 116 cm³/mol. The number of carbonyl (C=O) groups is 2. The molecule has 1 amide bonds. The van der Waals surface area contributed by atoms with Gasteiger partial charge in [-0.3, -0.25) is 4.79 Å². The van der Waals surface area contributed by atoms with Gasteiger partial charge in [-0.15, -0.1) is 0 Å². The van der Waals surface area contributed by atoms with Crippen LogP contribution in [0.4, 0.5) is 0 Å². The molecule has 158 valence electrons. The highest BCUT2D eigenvalue weighted by Crippen LogP contribution is 2.29. The Morgan fingerprint density at radius 3 is 2.77 bits per heavy atom. The number of nitrogens with one attached hydrogen (secondary N) is 1. The smallest absolute Gasteiger partial charge is 0.337 e. The number of amides is 1. The molecule has 8 heteroatoms. The highest BCUT2D eigenvalue weighted by Gasteiger charge is 2.26. The fraction of sp³-hybridized carbons (Fsp3) is 0.304. The third kappa shape index (κ3) is 3.15. The molecule has 5 rings (SSSR count). The molecule has 0 saturated carbocycles. The molecule has 4 heterocycles. The van der Waals surface area contributed by atoms with E-state index in [-0.39, 0.29) is 17.9 Å². The number of hydrogen-bond donors (Lipinski definition) is 1. The van der Waals surface area contributed by atoms with Gasteiger partial charge in [-0.25, -0.2) is 14.5 Å². The van der Waals surface area contributed by atoms with E-state index in [1.807, 2.05) is 41.6 Å². The van der Waals surface area contributed by atoms with Crippen LogP contribution in [0, 0.1) is 0 Å². The van der Waals surface area contributed by atoms with Crippen molar-refractivity contribution in [2.24, 2.45) is 0 Å². The second-order valence-corrected chi connectivity index (χ2v) is 8.13. The molecule has 0 bridgehead atoms. The van der Waals surface area contributed by atoms with Crippen LogP contribution in [-0.2, 0) is 17.7 Å². The number of pyridine rings is 1. The zero-order valence-electron chi connectivity index (χ0n) is 17.7. The van der Waals surface area contributed by atoms with Crippen LogP contribution >= 0.6 is 0 Å². The monoisotopic (exact) mass is 417 g/mol. The van der Waals surface area contributed by atoms with Crippen molar-refractivity contribution in [3.63, 3.8) is 0 Å². The number of nitrogens with zero attached hydrogens (tertiary/aromatic N) is 4. The van der Waals surface area contributed by atoms with Crippen molar-refractivity contribution in [1.82, 2.24) is 24.6 Å². The number of aromatic nitrogens is 4. The zero-order chi connectivity index (χ0) is 21.7. The van der Waals surface area contributed by atoms with Crippen LogP contribution in [0.25, 0.3) is 21.9 Å². The maximum atomic E-state index is 13.2. The Hall–Kier alpha value is -3.68. The average molecular weight is 417 g/mol. The van der Waals surface area contributed by atoms with Gasteiger partial charge in [-0.1, -0.05) is 0 Å². The zero-order valence-corrected chi connectivity index (χ0v) is 17.7. The van der Waals surface area contributed by atoms with E-state index >= 15 is 0 Å². The lowest BCUT2D eigenvalue weighted by atomic mass is 10.0. The molecule has 4 aromatic rings. The quantitative estimate of drug-likeness (QED) is 0.515. The maximum Gasteiger partial charge on any atom is 0.337 e. The van der Waals surface area contributed by atoms with Crippen molar-refractivity contribution >= 4 is 33.8 Å². The van der Waals surface area contributed by atoms with E-state index in [1.165, 1.54) is 7.11 Å². The first-order valence-electron chi connectivity index (χ1n) is 10.3. The summed E-state index contributed by atoms with van der Waals surface area (Å²) in [6.45, 7) is 5.19. The van der Waals surface area contributed by atoms with Gasteiger partial charge in [-0.05, 0) is 38.1 Å². The van der Waals surface area contributed by atoms with Gasteiger partial charge < -0.3 is 14.6 Å². The first kappa shape index (κ1) is 19.3. The number of aromatic amines is 1. The molecule has 0 atom stereocenters. The summed E-state index contributed by atoms with van der Waals surface area (Å²) in [4.78, 5) is 34.9. The van der Waals surface area contributed by atoms with Crippen LogP contribution in [-0.4, -0.2) is 50.2 Å². The van der Waals surface area contributed by atoms with E-state index in [1.54, 1.807) is 18.5 Å². The Balaban J connectivity index is 1.46. The molecule has 1 aromatic carbocycles. The van der Waals surface area contributed by atoms with Gasteiger partial charge >= 0.3 is 5.97 Å². The van der Waals surface area contributed by atoms with E-state index in [9.17, 15) is 9.59 Å². The van der Waals surface area contributed by atoms with Gasteiger partial charge in [0.05, 0.1) is 24.4 Å². The minimum Gasteiger partial charge on any atom is -0.465 e. The largest absolute Gasteiger partial charge is 0.465 e. The Morgan fingerprint density at radius 2 is 2.00 bits per heavy atom.